The number of non-ortho nitro benzene ring substituents is 1. The number of methoxy groups -OCH3 is 1. The van der Waals surface area contributed by atoms with Gasteiger partial charge in [-0.05, 0) is 24.1 Å². The summed E-state index contributed by atoms with van der Waals surface area (Å²) in [6, 6.07) is 4.80. The molecular weight excluding hydrogens is 295 g/mol. The minimum atomic E-state index is -0.393. The quantitative estimate of drug-likeness (QED) is 0.488. The van der Waals surface area contributed by atoms with E-state index in [1.54, 1.807) is 19.2 Å². The Morgan fingerprint density at radius 2 is 2.12 bits per heavy atom. The summed E-state index contributed by atoms with van der Waals surface area (Å²) in [5.41, 5.74) is 1.98. The van der Waals surface area contributed by atoms with Crippen molar-refractivity contribution in [2.24, 2.45) is 0 Å². The van der Waals surface area contributed by atoms with Crippen molar-refractivity contribution in [1.82, 2.24) is 0 Å². The van der Waals surface area contributed by atoms with Crippen LogP contribution in [-0.2, 0) is 37.4 Å². The van der Waals surface area contributed by atoms with Crippen molar-refractivity contribution in [3.8, 4) is 0 Å². The molecule has 0 aliphatic carbocycles. The summed E-state index contributed by atoms with van der Waals surface area (Å²) >= 11 is 0. The van der Waals surface area contributed by atoms with Gasteiger partial charge in [-0.1, -0.05) is 12.2 Å². The molecule has 4 nitrogen and oxygen atoms in total. The molecule has 1 aromatic rings. The molecule has 0 saturated heterocycles. The van der Waals surface area contributed by atoms with Gasteiger partial charge in [-0.15, -0.1) is 0 Å². The van der Waals surface area contributed by atoms with E-state index in [-0.39, 0.29) is 45.8 Å². The summed E-state index contributed by atoms with van der Waals surface area (Å²) in [6.07, 6.45) is 3.76. The molecule has 0 N–H and O–H groups in total. The number of aryl methyl sites for hydroxylation is 1. The van der Waals surface area contributed by atoms with Gasteiger partial charge in [0.1, 0.15) is 0 Å². The second-order valence-electron chi connectivity index (χ2n) is 3.16. The van der Waals surface area contributed by atoms with Gasteiger partial charge in [0, 0.05) is 52.0 Å². The summed E-state index contributed by atoms with van der Waals surface area (Å²) < 4.78 is 4.87. The average Bonchev–Trinajstić information content (AvgIpc) is 2.20. The minimum absolute atomic E-state index is 0. The van der Waals surface area contributed by atoms with Gasteiger partial charge in [0.05, 0.1) is 11.5 Å². The van der Waals surface area contributed by atoms with E-state index in [1.165, 1.54) is 6.07 Å². The fraction of sp³-hybridized carbons (Fsp3) is 0.250. The largest absolute Gasteiger partial charge is 0.381 e. The Balaban J connectivity index is 0. The standard InChI is InChI=1S/C11H13NO3.CH3.Y/c1-9-8-11(12(13)14)6-5-10(9)4-3-7-15-2;;/h3-6,8H,7H2,1-2H3;1H3;/q;-1;/b4-3+;;. The molecule has 91 valence electrons. The van der Waals surface area contributed by atoms with Gasteiger partial charge in [-0.3, -0.25) is 10.1 Å². The Kier molecular flexibility index (Phi) is 10.4. The molecule has 5 heteroatoms. The van der Waals surface area contributed by atoms with Gasteiger partial charge in [0.2, 0.25) is 0 Å². The van der Waals surface area contributed by atoms with Crippen molar-refractivity contribution < 1.29 is 42.4 Å². The maximum atomic E-state index is 10.5. The smallest absolute Gasteiger partial charge is 0.269 e. The van der Waals surface area contributed by atoms with Crippen LogP contribution in [0.4, 0.5) is 5.69 Å². The van der Waals surface area contributed by atoms with E-state index in [2.05, 4.69) is 0 Å². The third-order valence-electron chi connectivity index (χ3n) is 2.02. The third-order valence-corrected chi connectivity index (χ3v) is 2.02. The van der Waals surface area contributed by atoms with Crippen molar-refractivity contribution in [3.05, 3.63) is 52.9 Å². The van der Waals surface area contributed by atoms with Crippen LogP contribution in [-0.4, -0.2) is 18.6 Å². The zero-order valence-electron chi connectivity index (χ0n) is 10.3. The molecule has 0 spiro atoms. The number of nitro groups is 1. The van der Waals surface area contributed by atoms with Crippen molar-refractivity contribution in [3.63, 3.8) is 0 Å². The van der Waals surface area contributed by atoms with Crippen LogP contribution in [0.3, 0.4) is 0 Å². The van der Waals surface area contributed by atoms with Crippen LogP contribution in [0.15, 0.2) is 24.3 Å². The molecule has 0 unspecified atom stereocenters. The SMILES string of the molecule is COC/C=C/c1ccc([N+](=O)[O-])cc1C.[CH3-].[Y]. The fourth-order valence-electron chi connectivity index (χ4n) is 1.23. The van der Waals surface area contributed by atoms with E-state index in [0.29, 0.717) is 6.61 Å². The van der Waals surface area contributed by atoms with Crippen molar-refractivity contribution >= 4 is 11.8 Å². The zero-order chi connectivity index (χ0) is 11.3. The number of hydrogen-bond acceptors (Lipinski definition) is 3. The third kappa shape index (κ3) is 6.06. The number of hydrogen-bond donors (Lipinski definition) is 0. The molecular formula is C12H16NO3Y-. The van der Waals surface area contributed by atoms with Gasteiger partial charge >= 0.3 is 0 Å². The van der Waals surface area contributed by atoms with Crippen LogP contribution in [0.5, 0.6) is 0 Å². The Morgan fingerprint density at radius 1 is 1.47 bits per heavy atom. The predicted octanol–water partition coefficient (Wildman–Crippen LogP) is 3.01. The van der Waals surface area contributed by atoms with Crippen LogP contribution in [0.25, 0.3) is 6.08 Å². The Bertz CT molecular complexity index is 391. The van der Waals surface area contributed by atoms with Gasteiger partial charge in [-0.25, -0.2) is 0 Å². The average molecular weight is 311 g/mol. The molecule has 0 aliphatic rings. The number of nitrogens with zero attached hydrogens (tertiary/aromatic N) is 1. The van der Waals surface area contributed by atoms with E-state index in [4.69, 9.17) is 4.74 Å². The first-order valence-electron chi connectivity index (χ1n) is 4.55. The molecule has 0 saturated carbocycles. The number of nitro benzene ring substituents is 1. The summed E-state index contributed by atoms with van der Waals surface area (Å²) in [5.74, 6) is 0. The molecule has 0 amide bonds. The van der Waals surface area contributed by atoms with Crippen LogP contribution >= 0.6 is 0 Å². The molecule has 1 aromatic carbocycles. The minimum Gasteiger partial charge on any atom is -0.381 e. The number of benzene rings is 1. The summed E-state index contributed by atoms with van der Waals surface area (Å²) in [5, 5.41) is 10.5. The molecule has 0 heterocycles. The Hall–Kier alpha value is -0.576. The van der Waals surface area contributed by atoms with Gasteiger partial charge in [0.15, 0.2) is 0 Å². The van der Waals surface area contributed by atoms with Crippen LogP contribution in [0.1, 0.15) is 11.1 Å². The molecule has 1 rings (SSSR count). The van der Waals surface area contributed by atoms with Crippen LogP contribution in [0.2, 0.25) is 0 Å². The number of rotatable bonds is 4. The van der Waals surface area contributed by atoms with E-state index in [0.717, 1.165) is 11.1 Å². The normalized spacial score (nSPS) is 9.53. The van der Waals surface area contributed by atoms with Crippen molar-refractivity contribution in [2.45, 2.75) is 6.92 Å². The first-order chi connectivity index (χ1) is 7.15. The Labute approximate surface area is 127 Å². The first-order valence-corrected chi connectivity index (χ1v) is 4.55. The number of ether oxygens (including phenoxy) is 1. The first kappa shape index (κ1) is 18.8. The van der Waals surface area contributed by atoms with E-state index >= 15 is 0 Å². The molecule has 0 aliphatic heterocycles. The summed E-state index contributed by atoms with van der Waals surface area (Å²) in [4.78, 5) is 10.1. The molecule has 0 atom stereocenters. The monoisotopic (exact) mass is 311 g/mol. The van der Waals surface area contributed by atoms with E-state index in [1.807, 2.05) is 19.1 Å². The van der Waals surface area contributed by atoms with Crippen LogP contribution < -0.4 is 0 Å². The fourth-order valence-corrected chi connectivity index (χ4v) is 1.23. The summed E-state index contributed by atoms with van der Waals surface area (Å²) in [6.45, 7) is 2.38. The molecule has 0 fully saturated rings. The van der Waals surface area contributed by atoms with Crippen molar-refractivity contribution in [2.75, 3.05) is 13.7 Å². The summed E-state index contributed by atoms with van der Waals surface area (Å²) in [7, 11) is 1.62. The van der Waals surface area contributed by atoms with E-state index in [9.17, 15) is 10.1 Å². The van der Waals surface area contributed by atoms with Crippen molar-refractivity contribution in [1.29, 1.82) is 0 Å². The predicted molar refractivity (Wildman–Crippen MR) is 65.2 cm³/mol. The topological polar surface area (TPSA) is 52.4 Å². The van der Waals surface area contributed by atoms with Gasteiger partial charge < -0.3 is 12.2 Å². The molecule has 1 radical (unpaired) electrons. The van der Waals surface area contributed by atoms with Crippen LogP contribution in [0, 0.1) is 24.5 Å². The second-order valence-corrected chi connectivity index (χ2v) is 3.16. The maximum absolute atomic E-state index is 10.5. The second kappa shape index (κ2) is 9.45. The molecule has 0 aromatic heterocycles. The Morgan fingerprint density at radius 3 is 2.59 bits per heavy atom. The van der Waals surface area contributed by atoms with Gasteiger partial charge in [-0.2, -0.15) is 0 Å². The van der Waals surface area contributed by atoms with Gasteiger partial charge in [0.25, 0.3) is 5.69 Å². The molecule has 17 heavy (non-hydrogen) atoms. The van der Waals surface area contributed by atoms with E-state index < -0.39 is 4.92 Å². The zero-order valence-corrected chi connectivity index (χ0v) is 13.2. The maximum Gasteiger partial charge on any atom is 0.269 e. The molecule has 0 bridgehead atoms.